The number of hydrogen-bond donors (Lipinski definition) is 1. The Balaban J connectivity index is 0.000000173. The number of ketones is 1. The van der Waals surface area contributed by atoms with Crippen LogP contribution in [0.15, 0.2) is 158 Å². The van der Waals surface area contributed by atoms with Crippen LogP contribution in [-0.2, 0) is 11.2 Å². The van der Waals surface area contributed by atoms with Crippen LogP contribution in [0.2, 0.25) is 0 Å². The zero-order valence-corrected chi connectivity index (χ0v) is 39.9. The molecular weight excluding hydrogens is 783 g/mol. The Bertz CT molecular complexity index is 2370. The first kappa shape index (κ1) is 50.1. The van der Waals surface area contributed by atoms with E-state index in [0.717, 1.165) is 47.4 Å². The molecule has 1 fully saturated rings. The molecular formula is C58H69N5O. The van der Waals surface area contributed by atoms with Crippen molar-refractivity contribution in [2.75, 3.05) is 0 Å². The van der Waals surface area contributed by atoms with E-state index in [9.17, 15) is 4.79 Å². The zero-order valence-electron chi connectivity index (χ0n) is 39.9. The number of carbonyl (C=O) groups excluding carboxylic acids is 1. The van der Waals surface area contributed by atoms with Gasteiger partial charge in [0.1, 0.15) is 5.78 Å². The Morgan fingerprint density at radius 3 is 1.47 bits per heavy atom. The van der Waals surface area contributed by atoms with E-state index in [1.165, 1.54) is 62.9 Å². The fourth-order valence-corrected chi connectivity index (χ4v) is 6.85. The molecule has 4 aromatic carbocycles. The number of Topliss-reactive ketones (excluding diaryl/α,β-unsaturated/α-hetero) is 1. The lowest BCUT2D eigenvalue weighted by atomic mass is 9.77. The van der Waals surface area contributed by atoms with Crippen LogP contribution in [0.25, 0.3) is 11.0 Å². The maximum atomic E-state index is 11.3. The first-order chi connectivity index (χ1) is 30.7. The Morgan fingerprint density at radius 1 is 0.500 bits per heavy atom. The van der Waals surface area contributed by atoms with E-state index in [4.69, 9.17) is 0 Å². The summed E-state index contributed by atoms with van der Waals surface area (Å²) in [6, 6.07) is 46.1. The minimum Gasteiger partial charge on any atom is -0.345 e. The number of fused-ring (bicyclic) bond motifs is 1. The SMILES string of the molecule is CC(=O)C1CCC(c2ccc(C)cc2)CC1.Cc1ccc(C)cc1.Cc1ccc(C)nc1.Cc1ccc(Cc2ccc(C)nc2)nc1.Cc1ccc2nc[nH]c2c1.Cc1ccccc1. The number of carbonyl (C=O) groups is 1. The number of benzene rings is 4. The molecule has 1 N–H and O–H groups in total. The second-order valence-corrected chi connectivity index (χ2v) is 17.1. The monoisotopic (exact) mass is 852 g/mol. The van der Waals surface area contributed by atoms with Gasteiger partial charge in [-0.1, -0.05) is 125 Å². The van der Waals surface area contributed by atoms with E-state index in [1.54, 1.807) is 13.3 Å². The van der Waals surface area contributed by atoms with Crippen molar-refractivity contribution < 1.29 is 4.79 Å². The van der Waals surface area contributed by atoms with Crippen molar-refractivity contribution in [3.63, 3.8) is 0 Å². The van der Waals surface area contributed by atoms with Gasteiger partial charge in [0.15, 0.2) is 0 Å². The van der Waals surface area contributed by atoms with Crippen LogP contribution < -0.4 is 0 Å². The van der Waals surface area contributed by atoms with Gasteiger partial charge in [0, 0.05) is 48.0 Å². The summed E-state index contributed by atoms with van der Waals surface area (Å²) in [6.45, 7) is 20.3. The largest absolute Gasteiger partial charge is 0.345 e. The van der Waals surface area contributed by atoms with Crippen LogP contribution in [0, 0.1) is 68.2 Å². The summed E-state index contributed by atoms with van der Waals surface area (Å²) in [4.78, 5) is 31.2. The maximum Gasteiger partial charge on any atom is 0.132 e. The van der Waals surface area contributed by atoms with Gasteiger partial charge in [-0.05, 0) is 159 Å². The van der Waals surface area contributed by atoms with Crippen molar-refractivity contribution >= 4 is 16.8 Å². The molecule has 0 aliphatic heterocycles. The molecule has 4 heterocycles. The van der Waals surface area contributed by atoms with Crippen LogP contribution in [0.5, 0.6) is 0 Å². The van der Waals surface area contributed by atoms with Crippen LogP contribution in [0.4, 0.5) is 0 Å². The van der Waals surface area contributed by atoms with E-state index >= 15 is 0 Å². The summed E-state index contributed by atoms with van der Waals surface area (Å²) in [5, 5.41) is 0. The fourth-order valence-electron chi connectivity index (χ4n) is 6.85. The summed E-state index contributed by atoms with van der Waals surface area (Å²) < 4.78 is 0. The lowest BCUT2D eigenvalue weighted by Crippen LogP contribution is -2.18. The van der Waals surface area contributed by atoms with Crippen LogP contribution >= 0.6 is 0 Å². The fraction of sp³-hybridized carbons (Fsp3) is 0.293. The molecule has 64 heavy (non-hydrogen) atoms. The van der Waals surface area contributed by atoms with Gasteiger partial charge in [-0.25, -0.2) is 4.98 Å². The highest BCUT2D eigenvalue weighted by atomic mass is 16.1. The summed E-state index contributed by atoms with van der Waals surface area (Å²) in [5.74, 6) is 1.39. The molecule has 8 aromatic rings. The van der Waals surface area contributed by atoms with Crippen molar-refractivity contribution in [1.82, 2.24) is 24.9 Å². The van der Waals surface area contributed by atoms with Crippen LogP contribution in [0.1, 0.15) is 106 Å². The number of H-pyrrole nitrogens is 1. The molecule has 0 spiro atoms. The lowest BCUT2D eigenvalue weighted by molar-refractivity contribution is -0.121. The van der Waals surface area contributed by atoms with Gasteiger partial charge in [0.25, 0.3) is 0 Å². The first-order valence-corrected chi connectivity index (χ1v) is 22.5. The number of rotatable bonds is 4. The highest BCUT2D eigenvalue weighted by Gasteiger charge is 2.24. The Morgan fingerprint density at radius 2 is 1.00 bits per heavy atom. The standard InChI is InChI=1S/C15H20O.C13H14N2.C8H8N2.C8H10.C7H9N.C7H8/c1-11-3-5-14(6-4-11)15-9-7-13(8-10-15)12(2)16;1-10-3-6-13(15-8-10)7-12-5-4-11(2)14-9-12;1-6-2-3-7-8(4-6)10-5-9-7;1-7-3-5-8(2)6-4-7;1-6-3-4-7(2)8-5-6;1-7-5-3-2-4-6-7/h3-6,13,15H,7-10H2,1-2H3;3-6,8-9H,7H2,1-2H3;2-5H,1H3,(H,9,10);3-6H,1-2H3;3-5H,1-2H3;2-6H,1H3. The summed E-state index contributed by atoms with van der Waals surface area (Å²) in [5.41, 5.74) is 17.0. The second kappa shape index (κ2) is 26.8. The maximum absolute atomic E-state index is 11.3. The van der Waals surface area contributed by atoms with Crippen LogP contribution in [0.3, 0.4) is 0 Å². The molecule has 6 nitrogen and oxygen atoms in total. The highest BCUT2D eigenvalue weighted by molar-refractivity contribution is 5.78. The molecule has 332 valence electrons. The Labute approximate surface area is 383 Å². The summed E-state index contributed by atoms with van der Waals surface area (Å²) in [7, 11) is 0. The molecule has 6 heteroatoms. The Hall–Kier alpha value is -6.53. The molecule has 0 amide bonds. The van der Waals surface area contributed by atoms with E-state index in [-0.39, 0.29) is 0 Å². The van der Waals surface area contributed by atoms with Crippen molar-refractivity contribution in [3.8, 4) is 0 Å². The number of imidazole rings is 1. The van der Waals surface area contributed by atoms with E-state index in [1.807, 2.05) is 82.7 Å². The van der Waals surface area contributed by atoms with Gasteiger partial charge in [-0.2, -0.15) is 0 Å². The first-order valence-electron chi connectivity index (χ1n) is 22.5. The molecule has 1 aliphatic carbocycles. The number of aromatic nitrogens is 5. The number of pyridine rings is 3. The number of aromatic amines is 1. The van der Waals surface area contributed by atoms with Crippen molar-refractivity contribution in [2.45, 2.75) is 107 Å². The molecule has 1 aliphatic rings. The summed E-state index contributed by atoms with van der Waals surface area (Å²) >= 11 is 0. The van der Waals surface area contributed by atoms with Crippen molar-refractivity contribution in [3.05, 3.63) is 226 Å². The van der Waals surface area contributed by atoms with E-state index in [2.05, 4.69) is 157 Å². The minimum absolute atomic E-state index is 0.335. The predicted molar refractivity (Wildman–Crippen MR) is 269 cm³/mol. The Kier molecular flexibility index (Phi) is 21.0. The topological polar surface area (TPSA) is 84.4 Å². The third-order valence-electron chi connectivity index (χ3n) is 11.0. The number of nitrogens with one attached hydrogen (secondary N) is 1. The van der Waals surface area contributed by atoms with E-state index in [0.29, 0.717) is 17.6 Å². The molecule has 0 atom stereocenters. The quantitative estimate of drug-likeness (QED) is 0.191. The van der Waals surface area contributed by atoms with Gasteiger partial charge in [-0.3, -0.25) is 19.7 Å². The second-order valence-electron chi connectivity index (χ2n) is 17.1. The smallest absolute Gasteiger partial charge is 0.132 e. The van der Waals surface area contributed by atoms with E-state index < -0.39 is 0 Å². The molecule has 0 radical (unpaired) electrons. The van der Waals surface area contributed by atoms with Crippen LogP contribution in [-0.4, -0.2) is 30.7 Å². The molecule has 0 bridgehead atoms. The number of nitrogens with zero attached hydrogens (tertiary/aromatic N) is 4. The summed E-state index contributed by atoms with van der Waals surface area (Å²) in [6.07, 6.45) is 12.8. The highest BCUT2D eigenvalue weighted by Crippen LogP contribution is 2.36. The van der Waals surface area contributed by atoms with Crippen molar-refractivity contribution in [2.24, 2.45) is 5.92 Å². The number of aryl methyl sites for hydroxylation is 9. The normalized spacial score (nSPS) is 13.7. The van der Waals surface area contributed by atoms with Crippen molar-refractivity contribution in [1.29, 1.82) is 0 Å². The van der Waals surface area contributed by atoms with Gasteiger partial charge in [-0.15, -0.1) is 0 Å². The average molecular weight is 852 g/mol. The zero-order chi connectivity index (χ0) is 46.3. The third kappa shape index (κ3) is 19.2. The average Bonchev–Trinajstić information content (AvgIpc) is 3.77. The molecule has 9 rings (SSSR count). The minimum atomic E-state index is 0.335. The lowest BCUT2D eigenvalue weighted by Gasteiger charge is -2.27. The van der Waals surface area contributed by atoms with Gasteiger partial charge >= 0.3 is 0 Å². The molecule has 4 aromatic heterocycles. The predicted octanol–water partition coefficient (Wildman–Crippen LogP) is 14.4. The molecule has 0 saturated heterocycles. The third-order valence-corrected chi connectivity index (χ3v) is 11.0. The van der Waals surface area contributed by atoms with Gasteiger partial charge in [0.05, 0.1) is 17.4 Å². The number of hydrogen-bond acceptors (Lipinski definition) is 5. The molecule has 0 unspecified atom stereocenters. The van der Waals surface area contributed by atoms with Gasteiger partial charge in [0.2, 0.25) is 0 Å². The molecule has 1 saturated carbocycles. The van der Waals surface area contributed by atoms with Gasteiger partial charge < -0.3 is 4.98 Å².